The van der Waals surface area contributed by atoms with Crippen molar-refractivity contribution in [3.63, 3.8) is 0 Å². The van der Waals surface area contributed by atoms with Crippen LogP contribution in [0.3, 0.4) is 0 Å². The molecule has 0 amide bonds. The number of nitrogen functional groups attached to an aromatic ring is 1. The Hall–Kier alpha value is -2.31. The van der Waals surface area contributed by atoms with Gasteiger partial charge in [-0.25, -0.2) is 4.98 Å². The highest BCUT2D eigenvalue weighted by Gasteiger charge is 2.15. The highest BCUT2D eigenvalue weighted by molar-refractivity contribution is 5.77. The number of nitrogens with zero attached hydrogens (tertiary/aromatic N) is 6. The number of imidazole rings is 1. The molecule has 0 aliphatic rings. The van der Waals surface area contributed by atoms with Gasteiger partial charge >= 0.3 is 0 Å². The summed E-state index contributed by atoms with van der Waals surface area (Å²) in [7, 11) is 3.82. The third kappa shape index (κ3) is 1.87. The summed E-state index contributed by atoms with van der Waals surface area (Å²) in [6.07, 6.45) is 2.76. The van der Waals surface area contributed by atoms with Crippen molar-refractivity contribution in [2.45, 2.75) is 19.9 Å². The zero-order valence-electron chi connectivity index (χ0n) is 11.3. The predicted octanol–water partition coefficient (Wildman–Crippen LogP) is 0.637. The molecule has 0 saturated heterocycles. The molecule has 0 saturated carbocycles. The normalized spacial score (nSPS) is 11.5. The van der Waals surface area contributed by atoms with Crippen molar-refractivity contribution in [3.05, 3.63) is 23.7 Å². The van der Waals surface area contributed by atoms with E-state index >= 15 is 0 Å². The number of nitrogens with two attached hydrogens (primary N) is 1. The Morgan fingerprint density at radius 3 is 2.74 bits per heavy atom. The van der Waals surface area contributed by atoms with Gasteiger partial charge in [0.15, 0.2) is 5.65 Å². The number of fused-ring (bicyclic) bond motifs is 1. The lowest BCUT2D eigenvalue weighted by Crippen LogP contribution is -2.09. The summed E-state index contributed by atoms with van der Waals surface area (Å²) in [5, 5.41) is 8.74. The molecule has 0 aliphatic carbocycles. The van der Waals surface area contributed by atoms with E-state index in [1.165, 1.54) is 0 Å². The second-order valence-corrected chi connectivity index (χ2v) is 4.73. The molecular weight excluding hydrogens is 242 g/mol. The molecule has 0 aromatic carbocycles. The minimum absolute atomic E-state index is 0.530. The van der Waals surface area contributed by atoms with Crippen LogP contribution in [0.15, 0.2) is 12.3 Å². The van der Waals surface area contributed by atoms with Gasteiger partial charge in [-0.15, -0.1) is 0 Å². The van der Waals surface area contributed by atoms with Gasteiger partial charge in [-0.2, -0.15) is 10.2 Å². The van der Waals surface area contributed by atoms with Crippen LogP contribution in [0.2, 0.25) is 0 Å². The lowest BCUT2D eigenvalue weighted by molar-refractivity contribution is 0.658. The Morgan fingerprint density at radius 2 is 2.05 bits per heavy atom. The van der Waals surface area contributed by atoms with Crippen LogP contribution >= 0.6 is 0 Å². The van der Waals surface area contributed by atoms with Crippen molar-refractivity contribution in [2.24, 2.45) is 14.1 Å². The minimum atomic E-state index is 0.530. The first kappa shape index (κ1) is 11.8. The monoisotopic (exact) mass is 259 g/mol. The molecule has 19 heavy (non-hydrogen) atoms. The lowest BCUT2D eigenvalue weighted by atomic mass is 10.3. The van der Waals surface area contributed by atoms with Gasteiger partial charge in [-0.3, -0.25) is 13.9 Å². The summed E-state index contributed by atoms with van der Waals surface area (Å²) >= 11 is 0. The Kier molecular flexibility index (Phi) is 2.55. The highest BCUT2D eigenvalue weighted by Crippen LogP contribution is 2.20. The maximum absolute atomic E-state index is 5.99. The first-order chi connectivity index (χ1) is 9.06. The third-order valence-corrected chi connectivity index (χ3v) is 3.28. The second kappa shape index (κ2) is 4.11. The smallest absolute Gasteiger partial charge is 0.202 e. The third-order valence-electron chi connectivity index (χ3n) is 3.28. The molecule has 3 heterocycles. The van der Waals surface area contributed by atoms with Crippen LogP contribution in [0.5, 0.6) is 0 Å². The van der Waals surface area contributed by atoms with E-state index in [2.05, 4.69) is 15.2 Å². The van der Waals surface area contributed by atoms with Gasteiger partial charge in [0, 0.05) is 33.3 Å². The first-order valence-electron chi connectivity index (χ1n) is 6.20. The topological polar surface area (TPSA) is 79.5 Å². The highest BCUT2D eigenvalue weighted by atomic mass is 15.3. The van der Waals surface area contributed by atoms with Gasteiger partial charge in [0.25, 0.3) is 0 Å². The minimum Gasteiger partial charge on any atom is -0.369 e. The number of aromatic nitrogens is 6. The fourth-order valence-electron chi connectivity index (χ4n) is 2.39. The molecule has 0 unspecified atom stereocenters. The Labute approximate surface area is 110 Å². The molecule has 0 atom stereocenters. The Bertz CT molecular complexity index is 731. The molecule has 3 aromatic rings. The summed E-state index contributed by atoms with van der Waals surface area (Å²) in [6, 6.07) is 2.01. The zero-order valence-corrected chi connectivity index (χ0v) is 11.3. The molecule has 3 rings (SSSR count). The van der Waals surface area contributed by atoms with Crippen molar-refractivity contribution in [1.82, 2.24) is 29.1 Å². The van der Waals surface area contributed by atoms with Crippen molar-refractivity contribution < 1.29 is 0 Å². The average molecular weight is 259 g/mol. The van der Waals surface area contributed by atoms with Crippen LogP contribution in [0.4, 0.5) is 5.95 Å². The van der Waals surface area contributed by atoms with Gasteiger partial charge in [-0.05, 0) is 13.0 Å². The number of hydrogen-bond acceptors (Lipinski definition) is 4. The molecule has 0 aliphatic heterocycles. The molecule has 100 valence electrons. The first-order valence-corrected chi connectivity index (χ1v) is 6.20. The quantitative estimate of drug-likeness (QED) is 0.748. The van der Waals surface area contributed by atoms with Gasteiger partial charge in [0.05, 0.1) is 11.4 Å². The van der Waals surface area contributed by atoms with Gasteiger partial charge in [0.1, 0.15) is 5.52 Å². The van der Waals surface area contributed by atoms with E-state index in [1.807, 2.05) is 42.5 Å². The molecule has 0 bridgehead atoms. The van der Waals surface area contributed by atoms with E-state index in [-0.39, 0.29) is 0 Å². The Balaban J connectivity index is 1.94. The molecular formula is C12H17N7. The second-order valence-electron chi connectivity index (χ2n) is 4.73. The van der Waals surface area contributed by atoms with E-state index in [0.29, 0.717) is 5.95 Å². The molecule has 0 radical (unpaired) electrons. The van der Waals surface area contributed by atoms with E-state index in [4.69, 9.17) is 5.73 Å². The molecule has 0 fully saturated rings. The fourth-order valence-corrected chi connectivity index (χ4v) is 2.39. The van der Waals surface area contributed by atoms with Crippen molar-refractivity contribution in [2.75, 3.05) is 5.73 Å². The number of aryl methyl sites for hydroxylation is 5. The van der Waals surface area contributed by atoms with E-state index in [9.17, 15) is 0 Å². The largest absolute Gasteiger partial charge is 0.369 e. The van der Waals surface area contributed by atoms with E-state index < -0.39 is 0 Å². The fraction of sp³-hybridized carbons (Fsp3) is 0.417. The lowest BCUT2D eigenvalue weighted by Gasteiger charge is -2.05. The Morgan fingerprint density at radius 1 is 1.26 bits per heavy atom. The maximum atomic E-state index is 5.99. The summed E-state index contributed by atoms with van der Waals surface area (Å²) in [5.41, 5.74) is 9.78. The summed E-state index contributed by atoms with van der Waals surface area (Å²) in [6.45, 7) is 2.69. The predicted molar refractivity (Wildman–Crippen MR) is 72.6 cm³/mol. The van der Waals surface area contributed by atoms with Crippen LogP contribution < -0.4 is 5.73 Å². The van der Waals surface area contributed by atoms with Crippen LogP contribution in [-0.4, -0.2) is 29.1 Å². The van der Waals surface area contributed by atoms with Crippen LogP contribution in [-0.2, 0) is 27.1 Å². The van der Waals surface area contributed by atoms with E-state index in [1.54, 1.807) is 4.68 Å². The van der Waals surface area contributed by atoms with Crippen molar-refractivity contribution in [3.8, 4) is 0 Å². The average Bonchev–Trinajstić information content (AvgIpc) is 2.97. The molecule has 3 aromatic heterocycles. The summed E-state index contributed by atoms with van der Waals surface area (Å²) in [4.78, 5) is 4.38. The molecule has 0 spiro atoms. The zero-order chi connectivity index (χ0) is 13.6. The number of anilines is 1. The summed E-state index contributed by atoms with van der Waals surface area (Å²) in [5.74, 6) is 0.530. The summed E-state index contributed by atoms with van der Waals surface area (Å²) < 4.78 is 5.62. The van der Waals surface area contributed by atoms with Gasteiger partial charge in [-0.1, -0.05) is 0 Å². The van der Waals surface area contributed by atoms with Gasteiger partial charge in [0.2, 0.25) is 5.95 Å². The van der Waals surface area contributed by atoms with E-state index in [0.717, 1.165) is 35.5 Å². The standard InChI is InChI=1S/C12H17N7/c1-8-10-11(18(3)15-8)19(12(13)14-10)7-5-9-4-6-17(2)16-9/h4,6H,5,7H2,1-3H3,(H2,13,14). The number of hydrogen-bond donors (Lipinski definition) is 1. The van der Waals surface area contributed by atoms with Crippen LogP contribution in [0.25, 0.3) is 11.2 Å². The van der Waals surface area contributed by atoms with Crippen molar-refractivity contribution >= 4 is 17.1 Å². The number of rotatable bonds is 3. The van der Waals surface area contributed by atoms with Crippen molar-refractivity contribution in [1.29, 1.82) is 0 Å². The van der Waals surface area contributed by atoms with Crippen LogP contribution in [0, 0.1) is 6.92 Å². The van der Waals surface area contributed by atoms with Crippen LogP contribution in [0.1, 0.15) is 11.4 Å². The SMILES string of the molecule is Cc1nn(C)c2c1nc(N)n2CCc1ccn(C)n1. The molecule has 7 nitrogen and oxygen atoms in total. The molecule has 7 heteroatoms. The van der Waals surface area contributed by atoms with Gasteiger partial charge < -0.3 is 5.73 Å². The molecule has 2 N–H and O–H groups in total. The maximum Gasteiger partial charge on any atom is 0.202 e.